The third-order valence-corrected chi connectivity index (χ3v) is 1.58. The van der Waals surface area contributed by atoms with Gasteiger partial charge in [-0.1, -0.05) is 0 Å². The molecule has 0 bridgehead atoms. The molecule has 0 aromatic heterocycles. The number of hydrogen-bond donors (Lipinski definition) is 4. The molecule has 0 radical (unpaired) electrons. The number of aliphatic carboxylic acids is 1. The van der Waals surface area contributed by atoms with Crippen molar-refractivity contribution in [2.24, 2.45) is 5.73 Å². The van der Waals surface area contributed by atoms with E-state index in [4.69, 9.17) is 10.8 Å². The second-order valence-corrected chi connectivity index (χ2v) is 2.74. The molecule has 6 nitrogen and oxygen atoms in total. The van der Waals surface area contributed by atoms with Crippen molar-refractivity contribution in [3.63, 3.8) is 0 Å². The van der Waals surface area contributed by atoms with Crippen molar-refractivity contribution < 1.29 is 20.2 Å². The van der Waals surface area contributed by atoms with Crippen molar-refractivity contribution in [3.05, 3.63) is 0 Å². The molecule has 0 aliphatic heterocycles. The van der Waals surface area contributed by atoms with Crippen molar-refractivity contribution in [1.29, 1.82) is 0 Å². The molecule has 2 atom stereocenters. The van der Waals surface area contributed by atoms with Crippen LogP contribution in [-0.2, 0) is 9.59 Å². The zero-order chi connectivity index (χ0) is 9.72. The summed E-state index contributed by atoms with van der Waals surface area (Å²) >= 11 is 3.76. The fourth-order valence-corrected chi connectivity index (χ4v) is 0.736. The van der Waals surface area contributed by atoms with Crippen LogP contribution in [0.2, 0.25) is 0 Å². The van der Waals surface area contributed by atoms with Gasteiger partial charge in [-0.3, -0.25) is 4.79 Å². The number of nitrogens with two attached hydrogens (primary N) is 1. The van der Waals surface area contributed by atoms with Gasteiger partial charge in [-0.25, -0.2) is 4.79 Å². The minimum atomic E-state index is -1.11. The summed E-state index contributed by atoms with van der Waals surface area (Å²) in [6.45, 7) is 1.48. The van der Waals surface area contributed by atoms with Gasteiger partial charge in [0.2, 0.25) is 5.91 Å². The molecule has 78 valence electrons. The predicted octanol–water partition coefficient (Wildman–Crippen LogP) is -1.99. The van der Waals surface area contributed by atoms with Crippen LogP contribution in [0.15, 0.2) is 0 Å². The highest BCUT2D eigenvalue weighted by Crippen LogP contribution is 1.89. The van der Waals surface area contributed by atoms with E-state index < -0.39 is 24.0 Å². The number of amides is 1. The zero-order valence-corrected chi connectivity index (χ0v) is 8.04. The predicted molar refractivity (Wildman–Crippen MR) is 50.7 cm³/mol. The molecule has 13 heavy (non-hydrogen) atoms. The lowest BCUT2D eigenvalue weighted by atomic mass is 10.3. The highest BCUT2D eigenvalue weighted by Gasteiger charge is 2.19. The van der Waals surface area contributed by atoms with Crippen molar-refractivity contribution in [3.8, 4) is 0 Å². The third kappa shape index (κ3) is 5.45. The quantitative estimate of drug-likeness (QED) is 0.401. The zero-order valence-electron chi connectivity index (χ0n) is 7.15. The van der Waals surface area contributed by atoms with E-state index in [1.165, 1.54) is 6.92 Å². The van der Waals surface area contributed by atoms with Gasteiger partial charge >= 0.3 is 5.97 Å². The number of carboxylic acids is 1. The standard InChI is InChI=1S/C6H12N2O3S.H2O/c1-3(7)5(9)8-4(2-12)6(10)11;/h3-4,12H,2,7H2,1H3,(H,8,9)(H,10,11);1H2. The number of nitrogens with one attached hydrogen (secondary N) is 1. The second-order valence-electron chi connectivity index (χ2n) is 2.37. The lowest BCUT2D eigenvalue weighted by Crippen LogP contribution is -2.48. The highest BCUT2D eigenvalue weighted by atomic mass is 32.1. The van der Waals surface area contributed by atoms with Crippen molar-refractivity contribution >= 4 is 24.5 Å². The van der Waals surface area contributed by atoms with Gasteiger partial charge < -0.3 is 21.6 Å². The van der Waals surface area contributed by atoms with Gasteiger partial charge in [0.25, 0.3) is 0 Å². The minimum absolute atomic E-state index is 0. The molecule has 0 aromatic carbocycles. The lowest BCUT2D eigenvalue weighted by molar-refractivity contribution is -0.141. The number of thiol groups is 1. The number of carbonyl (C=O) groups is 2. The Morgan fingerprint density at radius 3 is 2.31 bits per heavy atom. The Labute approximate surface area is 81.2 Å². The number of rotatable bonds is 4. The average Bonchev–Trinajstić information content (AvgIpc) is 1.98. The summed E-state index contributed by atoms with van der Waals surface area (Å²) in [7, 11) is 0. The molecule has 0 fully saturated rings. The van der Waals surface area contributed by atoms with Crippen LogP contribution in [0.3, 0.4) is 0 Å². The van der Waals surface area contributed by atoms with E-state index in [-0.39, 0.29) is 11.2 Å². The van der Waals surface area contributed by atoms with Crippen LogP contribution >= 0.6 is 12.6 Å². The lowest BCUT2D eigenvalue weighted by Gasteiger charge is -2.13. The first-order valence-corrected chi connectivity index (χ1v) is 4.02. The Kier molecular flexibility index (Phi) is 7.58. The van der Waals surface area contributed by atoms with E-state index in [0.29, 0.717) is 0 Å². The van der Waals surface area contributed by atoms with Crippen molar-refractivity contribution in [2.75, 3.05) is 5.75 Å². The monoisotopic (exact) mass is 210 g/mol. The Morgan fingerprint density at radius 2 is 2.08 bits per heavy atom. The maximum Gasteiger partial charge on any atom is 0.327 e. The van der Waals surface area contributed by atoms with Crippen LogP contribution in [-0.4, -0.2) is 40.3 Å². The maximum absolute atomic E-state index is 10.9. The van der Waals surface area contributed by atoms with E-state index in [0.717, 1.165) is 0 Å². The first kappa shape index (κ1) is 14.7. The van der Waals surface area contributed by atoms with Crippen molar-refractivity contribution in [1.82, 2.24) is 5.32 Å². The molecule has 7 heteroatoms. The number of hydrogen-bond acceptors (Lipinski definition) is 4. The van der Waals surface area contributed by atoms with Gasteiger partial charge in [0.15, 0.2) is 0 Å². The smallest absolute Gasteiger partial charge is 0.327 e. The molecule has 0 saturated carbocycles. The fourth-order valence-electron chi connectivity index (χ4n) is 0.489. The second kappa shape index (κ2) is 6.70. The van der Waals surface area contributed by atoms with Gasteiger partial charge in [-0.2, -0.15) is 12.6 Å². The van der Waals surface area contributed by atoms with Gasteiger partial charge in [0.1, 0.15) is 6.04 Å². The van der Waals surface area contributed by atoms with E-state index in [2.05, 4.69) is 17.9 Å². The topological polar surface area (TPSA) is 124 Å². The Bertz CT molecular complexity index is 185. The van der Waals surface area contributed by atoms with E-state index >= 15 is 0 Å². The molecular formula is C6H14N2O4S. The maximum atomic E-state index is 10.9. The summed E-state index contributed by atoms with van der Waals surface area (Å²) in [5.41, 5.74) is 5.21. The molecule has 0 aliphatic carbocycles. The van der Waals surface area contributed by atoms with Gasteiger partial charge in [0.05, 0.1) is 6.04 Å². The van der Waals surface area contributed by atoms with Gasteiger partial charge in [0, 0.05) is 5.75 Å². The first-order valence-electron chi connectivity index (χ1n) is 3.38. The van der Waals surface area contributed by atoms with Crippen LogP contribution in [0.1, 0.15) is 6.92 Å². The summed E-state index contributed by atoms with van der Waals surface area (Å²) in [6.07, 6.45) is 0. The summed E-state index contributed by atoms with van der Waals surface area (Å²) in [4.78, 5) is 21.3. The van der Waals surface area contributed by atoms with Gasteiger partial charge in [-0.05, 0) is 6.92 Å². The molecule has 2 unspecified atom stereocenters. The first-order chi connectivity index (χ1) is 5.49. The molecule has 0 saturated heterocycles. The molecular weight excluding hydrogens is 196 g/mol. The van der Waals surface area contributed by atoms with Crippen LogP contribution in [0, 0.1) is 0 Å². The summed E-state index contributed by atoms with van der Waals surface area (Å²) < 4.78 is 0. The van der Waals surface area contributed by atoms with Crippen LogP contribution in [0.4, 0.5) is 0 Å². The number of carbonyl (C=O) groups excluding carboxylic acids is 1. The van der Waals surface area contributed by atoms with Crippen molar-refractivity contribution in [2.45, 2.75) is 19.0 Å². The minimum Gasteiger partial charge on any atom is -0.480 e. The molecule has 1 amide bonds. The molecule has 0 aromatic rings. The largest absolute Gasteiger partial charge is 0.480 e. The fraction of sp³-hybridized carbons (Fsp3) is 0.667. The summed E-state index contributed by atoms with van der Waals surface area (Å²) in [6, 6.07) is -1.67. The van der Waals surface area contributed by atoms with Crippen LogP contribution in [0.25, 0.3) is 0 Å². The number of carboxylic acid groups (broad SMARTS) is 1. The third-order valence-electron chi connectivity index (χ3n) is 1.21. The molecule has 0 rings (SSSR count). The molecule has 0 aliphatic rings. The summed E-state index contributed by atoms with van der Waals surface area (Å²) in [5, 5.41) is 10.7. The van der Waals surface area contributed by atoms with E-state index in [1.54, 1.807) is 0 Å². The Balaban J connectivity index is 0. The molecule has 6 N–H and O–H groups in total. The SMILES string of the molecule is CC(N)C(=O)NC(CS)C(=O)O.O. The Morgan fingerprint density at radius 1 is 1.62 bits per heavy atom. The van der Waals surface area contributed by atoms with Gasteiger partial charge in [-0.15, -0.1) is 0 Å². The molecule has 0 heterocycles. The van der Waals surface area contributed by atoms with Crippen LogP contribution < -0.4 is 11.1 Å². The molecule has 0 spiro atoms. The summed E-state index contributed by atoms with van der Waals surface area (Å²) in [5.74, 6) is -1.55. The average molecular weight is 210 g/mol. The highest BCUT2D eigenvalue weighted by molar-refractivity contribution is 7.80. The Hall–Kier alpha value is -0.790. The normalized spacial score (nSPS) is 13.8. The van der Waals surface area contributed by atoms with Crippen LogP contribution in [0.5, 0.6) is 0 Å². The van der Waals surface area contributed by atoms with E-state index in [1.807, 2.05) is 0 Å². The van der Waals surface area contributed by atoms with E-state index in [9.17, 15) is 9.59 Å².